The molecule has 0 unspecified atom stereocenters. The Morgan fingerprint density at radius 1 is 0.971 bits per heavy atom. The summed E-state index contributed by atoms with van der Waals surface area (Å²) in [5.74, 6) is 0.425. The maximum absolute atomic E-state index is 13.5. The van der Waals surface area contributed by atoms with Gasteiger partial charge < -0.3 is 14.6 Å². The molecule has 1 N–H and O–H groups in total. The Bertz CT molecular complexity index is 1330. The summed E-state index contributed by atoms with van der Waals surface area (Å²) in [5.41, 5.74) is 4.21. The lowest BCUT2D eigenvalue weighted by Gasteiger charge is -2.22. The van der Waals surface area contributed by atoms with Gasteiger partial charge in [0, 0.05) is 36.4 Å². The first-order valence-electron chi connectivity index (χ1n) is 11.6. The number of aromatic nitrogens is 2. The van der Waals surface area contributed by atoms with Gasteiger partial charge in [0.05, 0.1) is 13.2 Å². The smallest absolute Gasteiger partial charge is 0.257 e. The average molecular weight is 468 g/mol. The number of benzene rings is 2. The second-order valence-corrected chi connectivity index (χ2v) is 8.42. The standard InChI is InChI=1S/C29H29N3O3/c1-20-19-25(33)27(21(2)32(20)18-15-22-9-7-8-12-26(22)35-3)29(34)31-28(23-10-5-4-6-11-23)24-13-16-30-17-14-24/h4-14,16-17,19,28H,15,18H2,1-3H3,(H,31,34)/t28-/m1/s1. The Hall–Kier alpha value is -4.19. The van der Waals surface area contributed by atoms with Crippen molar-refractivity contribution >= 4 is 5.91 Å². The van der Waals surface area contributed by atoms with Gasteiger partial charge in [0.1, 0.15) is 11.3 Å². The molecule has 0 radical (unpaired) electrons. The molecule has 1 amide bonds. The summed E-state index contributed by atoms with van der Waals surface area (Å²) < 4.78 is 7.50. The highest BCUT2D eigenvalue weighted by atomic mass is 16.5. The van der Waals surface area contributed by atoms with E-state index in [9.17, 15) is 9.59 Å². The van der Waals surface area contributed by atoms with Crippen molar-refractivity contribution in [2.45, 2.75) is 32.9 Å². The molecule has 4 aromatic rings. The maximum atomic E-state index is 13.5. The number of para-hydroxylation sites is 1. The Balaban J connectivity index is 1.66. The molecule has 1 atom stereocenters. The molecule has 6 nitrogen and oxygen atoms in total. The summed E-state index contributed by atoms with van der Waals surface area (Å²) in [4.78, 5) is 30.6. The van der Waals surface area contributed by atoms with E-state index in [0.717, 1.165) is 28.1 Å². The maximum Gasteiger partial charge on any atom is 0.257 e. The predicted octanol–water partition coefficient (Wildman–Crippen LogP) is 4.63. The monoisotopic (exact) mass is 467 g/mol. The number of rotatable bonds is 8. The van der Waals surface area contributed by atoms with Crippen LogP contribution in [0.3, 0.4) is 0 Å². The molecule has 0 aliphatic rings. The van der Waals surface area contributed by atoms with E-state index in [-0.39, 0.29) is 11.0 Å². The number of amides is 1. The Morgan fingerprint density at radius 2 is 1.63 bits per heavy atom. The van der Waals surface area contributed by atoms with Crippen molar-refractivity contribution in [3.05, 3.63) is 129 Å². The van der Waals surface area contributed by atoms with Crippen molar-refractivity contribution in [1.82, 2.24) is 14.9 Å². The van der Waals surface area contributed by atoms with Crippen molar-refractivity contribution in [3.8, 4) is 5.75 Å². The molecule has 0 saturated carbocycles. The number of aryl methyl sites for hydroxylation is 2. The van der Waals surface area contributed by atoms with Gasteiger partial charge in [-0.2, -0.15) is 0 Å². The van der Waals surface area contributed by atoms with E-state index in [1.165, 1.54) is 6.07 Å². The molecule has 0 saturated heterocycles. The molecule has 6 heteroatoms. The lowest BCUT2D eigenvalue weighted by Crippen LogP contribution is -2.35. The van der Waals surface area contributed by atoms with Crippen LogP contribution in [0.1, 0.15) is 44.5 Å². The van der Waals surface area contributed by atoms with Crippen LogP contribution in [0.4, 0.5) is 0 Å². The molecule has 4 rings (SSSR count). The van der Waals surface area contributed by atoms with E-state index < -0.39 is 11.9 Å². The number of methoxy groups -OCH3 is 1. The van der Waals surface area contributed by atoms with Crippen molar-refractivity contribution < 1.29 is 9.53 Å². The van der Waals surface area contributed by atoms with Gasteiger partial charge in [-0.3, -0.25) is 14.6 Å². The van der Waals surface area contributed by atoms with E-state index in [1.54, 1.807) is 19.5 Å². The third-order valence-corrected chi connectivity index (χ3v) is 6.25. The highest BCUT2D eigenvalue weighted by Gasteiger charge is 2.22. The largest absolute Gasteiger partial charge is 0.496 e. The third kappa shape index (κ3) is 5.32. The highest BCUT2D eigenvalue weighted by Crippen LogP contribution is 2.23. The minimum Gasteiger partial charge on any atom is -0.496 e. The van der Waals surface area contributed by atoms with E-state index in [2.05, 4.69) is 10.3 Å². The van der Waals surface area contributed by atoms with Gasteiger partial charge >= 0.3 is 0 Å². The van der Waals surface area contributed by atoms with Gasteiger partial charge in [0.25, 0.3) is 5.91 Å². The topological polar surface area (TPSA) is 73.2 Å². The Morgan fingerprint density at radius 3 is 2.34 bits per heavy atom. The lowest BCUT2D eigenvalue weighted by molar-refractivity contribution is 0.0940. The number of hydrogen-bond donors (Lipinski definition) is 1. The number of carbonyl (C=O) groups is 1. The molecule has 2 heterocycles. The van der Waals surface area contributed by atoms with Crippen LogP contribution in [-0.2, 0) is 13.0 Å². The first kappa shape index (κ1) is 24.0. The second kappa shape index (κ2) is 10.8. The van der Waals surface area contributed by atoms with Crippen LogP contribution >= 0.6 is 0 Å². The number of pyridine rings is 2. The minimum absolute atomic E-state index is 0.158. The Labute approximate surface area is 205 Å². The number of nitrogens with one attached hydrogen (secondary N) is 1. The molecule has 2 aromatic heterocycles. The number of hydrogen-bond acceptors (Lipinski definition) is 4. The molecule has 0 fully saturated rings. The van der Waals surface area contributed by atoms with Gasteiger partial charge in [0.2, 0.25) is 0 Å². The van der Waals surface area contributed by atoms with Crippen LogP contribution < -0.4 is 15.5 Å². The van der Waals surface area contributed by atoms with E-state index in [1.807, 2.05) is 85.1 Å². The second-order valence-electron chi connectivity index (χ2n) is 8.42. The minimum atomic E-state index is -0.408. The summed E-state index contributed by atoms with van der Waals surface area (Å²) in [5, 5.41) is 3.09. The van der Waals surface area contributed by atoms with E-state index in [0.29, 0.717) is 18.7 Å². The van der Waals surface area contributed by atoms with E-state index >= 15 is 0 Å². The van der Waals surface area contributed by atoms with Crippen LogP contribution in [0.2, 0.25) is 0 Å². The molecule has 35 heavy (non-hydrogen) atoms. The first-order chi connectivity index (χ1) is 17.0. The zero-order valence-corrected chi connectivity index (χ0v) is 20.2. The molecule has 0 aliphatic carbocycles. The molecule has 0 bridgehead atoms. The summed E-state index contributed by atoms with van der Waals surface area (Å²) in [6, 6.07) is 22.4. The quantitative estimate of drug-likeness (QED) is 0.410. The zero-order valence-electron chi connectivity index (χ0n) is 20.2. The summed E-state index contributed by atoms with van der Waals surface area (Å²) in [6.45, 7) is 4.34. The first-order valence-corrected chi connectivity index (χ1v) is 11.6. The van der Waals surface area contributed by atoms with Gasteiger partial charge in [-0.05, 0) is 55.2 Å². The number of carbonyl (C=O) groups excluding carboxylic acids is 1. The summed E-state index contributed by atoms with van der Waals surface area (Å²) >= 11 is 0. The Kier molecular flexibility index (Phi) is 7.41. The van der Waals surface area contributed by atoms with Gasteiger partial charge in [-0.15, -0.1) is 0 Å². The van der Waals surface area contributed by atoms with Crippen LogP contribution in [0.25, 0.3) is 0 Å². The summed E-state index contributed by atoms with van der Waals surface area (Å²) in [7, 11) is 1.66. The average Bonchev–Trinajstić information content (AvgIpc) is 2.88. The van der Waals surface area contributed by atoms with E-state index in [4.69, 9.17) is 4.74 Å². The van der Waals surface area contributed by atoms with Gasteiger partial charge in [-0.1, -0.05) is 48.5 Å². The van der Waals surface area contributed by atoms with Crippen LogP contribution in [-0.4, -0.2) is 22.6 Å². The molecule has 0 spiro atoms. The van der Waals surface area contributed by atoms with Crippen LogP contribution in [0.5, 0.6) is 5.75 Å². The summed E-state index contributed by atoms with van der Waals surface area (Å²) in [6.07, 6.45) is 4.10. The fraction of sp³-hybridized carbons (Fsp3) is 0.207. The molecule has 178 valence electrons. The molecular formula is C29H29N3O3. The number of nitrogens with zero attached hydrogens (tertiary/aromatic N) is 2. The SMILES string of the molecule is COc1ccccc1CCn1c(C)cc(=O)c(C(=O)N[C@H](c2ccccc2)c2ccncc2)c1C. The third-order valence-electron chi connectivity index (χ3n) is 6.25. The zero-order chi connectivity index (χ0) is 24.8. The normalized spacial score (nSPS) is 11.6. The fourth-order valence-electron chi connectivity index (χ4n) is 4.44. The van der Waals surface area contributed by atoms with Crippen LogP contribution in [0.15, 0.2) is 90.0 Å². The highest BCUT2D eigenvalue weighted by molar-refractivity contribution is 5.95. The fourth-order valence-corrected chi connectivity index (χ4v) is 4.44. The predicted molar refractivity (Wildman–Crippen MR) is 137 cm³/mol. The molecule has 2 aromatic carbocycles. The molecule has 0 aliphatic heterocycles. The van der Waals surface area contributed by atoms with Crippen molar-refractivity contribution in [1.29, 1.82) is 0 Å². The molecular weight excluding hydrogens is 438 g/mol. The lowest BCUT2D eigenvalue weighted by atomic mass is 9.99. The van der Waals surface area contributed by atoms with Crippen molar-refractivity contribution in [2.75, 3.05) is 7.11 Å². The van der Waals surface area contributed by atoms with Gasteiger partial charge in [-0.25, -0.2) is 0 Å². The van der Waals surface area contributed by atoms with Crippen molar-refractivity contribution in [2.24, 2.45) is 0 Å². The number of ether oxygens (including phenoxy) is 1. The van der Waals surface area contributed by atoms with Crippen molar-refractivity contribution in [3.63, 3.8) is 0 Å². The van der Waals surface area contributed by atoms with Gasteiger partial charge in [0.15, 0.2) is 5.43 Å². The van der Waals surface area contributed by atoms with Crippen LogP contribution in [0, 0.1) is 13.8 Å².